The van der Waals surface area contributed by atoms with Gasteiger partial charge in [-0.1, -0.05) is 6.42 Å². The van der Waals surface area contributed by atoms with E-state index >= 15 is 0 Å². The van der Waals surface area contributed by atoms with Crippen LogP contribution >= 0.6 is 12.4 Å². The van der Waals surface area contributed by atoms with Crippen LogP contribution in [-0.4, -0.2) is 71.5 Å². The van der Waals surface area contributed by atoms with E-state index in [2.05, 4.69) is 5.32 Å². The van der Waals surface area contributed by atoms with Gasteiger partial charge in [0.2, 0.25) is 11.8 Å². The molecule has 0 aromatic rings. The Hall–Kier alpha value is -1.34. The Labute approximate surface area is 160 Å². The van der Waals surface area contributed by atoms with E-state index in [0.717, 1.165) is 45.2 Å². The summed E-state index contributed by atoms with van der Waals surface area (Å²) >= 11 is 0. The van der Waals surface area contributed by atoms with Gasteiger partial charge in [0.05, 0.1) is 12.0 Å². The zero-order chi connectivity index (χ0) is 18.0. The van der Waals surface area contributed by atoms with Gasteiger partial charge in [-0.05, 0) is 44.9 Å². The van der Waals surface area contributed by atoms with Gasteiger partial charge in [-0.15, -0.1) is 12.4 Å². The summed E-state index contributed by atoms with van der Waals surface area (Å²) in [6, 6.07) is -0.527. The summed E-state index contributed by atoms with van der Waals surface area (Å²) in [4.78, 5) is 40.2. The third kappa shape index (κ3) is 4.14. The highest BCUT2D eigenvalue weighted by atomic mass is 35.5. The molecule has 2 heterocycles. The maximum absolute atomic E-state index is 12.4. The number of carbonyl (C=O) groups is 3. The predicted molar refractivity (Wildman–Crippen MR) is 99.1 cm³/mol. The molecule has 3 rings (SSSR count). The largest absolute Gasteiger partial charge is 0.481 e. The van der Waals surface area contributed by atoms with E-state index in [1.54, 1.807) is 6.92 Å². The first-order chi connectivity index (χ1) is 11.9. The Morgan fingerprint density at radius 1 is 1.19 bits per heavy atom. The monoisotopic (exact) mass is 387 g/mol. The Balaban J connectivity index is 0.00000243. The first-order valence-corrected chi connectivity index (χ1v) is 9.46. The SMILES string of the molecule is CC(NC(=O)CN1C[C@@H]2CCC[C@@]2(C(=O)O)C1)C(=O)N1CCCCC1.Cl. The highest BCUT2D eigenvalue weighted by Gasteiger charge is 2.54. The van der Waals surface area contributed by atoms with Crippen LogP contribution in [0, 0.1) is 11.3 Å². The van der Waals surface area contributed by atoms with Crippen molar-refractivity contribution < 1.29 is 19.5 Å². The Kier molecular flexibility index (Phi) is 6.91. The highest BCUT2D eigenvalue weighted by molar-refractivity contribution is 5.88. The molecule has 2 N–H and O–H groups in total. The van der Waals surface area contributed by atoms with E-state index in [0.29, 0.717) is 19.5 Å². The fourth-order valence-electron chi connectivity index (χ4n) is 4.80. The van der Waals surface area contributed by atoms with E-state index in [1.165, 1.54) is 0 Å². The molecule has 3 fully saturated rings. The minimum atomic E-state index is -0.730. The summed E-state index contributed by atoms with van der Waals surface area (Å²) in [5, 5.41) is 12.4. The van der Waals surface area contributed by atoms with Crippen LogP contribution in [0.5, 0.6) is 0 Å². The lowest BCUT2D eigenvalue weighted by atomic mass is 9.81. The smallest absolute Gasteiger partial charge is 0.311 e. The first kappa shape index (κ1) is 21.0. The van der Waals surface area contributed by atoms with Crippen LogP contribution in [-0.2, 0) is 14.4 Å². The molecule has 148 valence electrons. The van der Waals surface area contributed by atoms with E-state index in [-0.39, 0.29) is 36.7 Å². The van der Waals surface area contributed by atoms with E-state index in [4.69, 9.17) is 0 Å². The Morgan fingerprint density at radius 2 is 1.88 bits per heavy atom. The summed E-state index contributed by atoms with van der Waals surface area (Å²) in [5.41, 5.74) is -0.671. The number of aliphatic carboxylic acids is 1. The third-order valence-corrected chi connectivity index (χ3v) is 6.15. The summed E-state index contributed by atoms with van der Waals surface area (Å²) in [6.07, 6.45) is 5.80. The summed E-state index contributed by atoms with van der Waals surface area (Å²) < 4.78 is 0. The van der Waals surface area contributed by atoms with Gasteiger partial charge in [-0.3, -0.25) is 19.3 Å². The number of fused-ring (bicyclic) bond motifs is 1. The average Bonchev–Trinajstić information content (AvgIpc) is 3.12. The summed E-state index contributed by atoms with van der Waals surface area (Å²) in [6.45, 7) is 4.54. The van der Waals surface area contributed by atoms with Crippen LogP contribution in [0.15, 0.2) is 0 Å². The third-order valence-electron chi connectivity index (χ3n) is 6.15. The van der Waals surface area contributed by atoms with Crippen molar-refractivity contribution in [3.05, 3.63) is 0 Å². The van der Waals surface area contributed by atoms with E-state index in [1.807, 2.05) is 9.80 Å². The molecule has 0 aromatic carbocycles. The number of amides is 2. The van der Waals surface area contributed by atoms with Crippen molar-refractivity contribution in [2.75, 3.05) is 32.7 Å². The van der Waals surface area contributed by atoms with Crippen molar-refractivity contribution in [3.8, 4) is 0 Å². The molecule has 7 nitrogen and oxygen atoms in total. The van der Waals surface area contributed by atoms with E-state index < -0.39 is 17.4 Å². The molecule has 2 saturated heterocycles. The van der Waals surface area contributed by atoms with Gasteiger partial charge >= 0.3 is 5.97 Å². The van der Waals surface area contributed by atoms with Gasteiger partial charge in [-0.2, -0.15) is 0 Å². The predicted octanol–water partition coefficient (Wildman–Crippen LogP) is 1.11. The lowest BCUT2D eigenvalue weighted by Gasteiger charge is -2.29. The molecule has 2 aliphatic heterocycles. The van der Waals surface area contributed by atoms with E-state index in [9.17, 15) is 19.5 Å². The number of rotatable bonds is 5. The second kappa shape index (κ2) is 8.57. The van der Waals surface area contributed by atoms with Crippen molar-refractivity contribution in [1.82, 2.24) is 15.1 Å². The molecular weight excluding hydrogens is 358 g/mol. The minimum absolute atomic E-state index is 0. The lowest BCUT2D eigenvalue weighted by Crippen LogP contribution is -2.50. The number of piperidine rings is 1. The highest BCUT2D eigenvalue weighted by Crippen LogP contribution is 2.48. The quantitative estimate of drug-likeness (QED) is 0.737. The van der Waals surface area contributed by atoms with Crippen molar-refractivity contribution in [2.24, 2.45) is 11.3 Å². The summed E-state index contributed by atoms with van der Waals surface area (Å²) in [7, 11) is 0. The van der Waals surface area contributed by atoms with Gasteiger partial charge in [0.15, 0.2) is 0 Å². The Bertz CT molecular complexity index is 553. The molecule has 1 unspecified atom stereocenters. The maximum Gasteiger partial charge on any atom is 0.311 e. The normalized spacial score (nSPS) is 29.6. The topological polar surface area (TPSA) is 90.0 Å². The second-order valence-electron chi connectivity index (χ2n) is 7.90. The van der Waals surface area contributed by atoms with Gasteiger partial charge in [0, 0.05) is 26.2 Å². The molecule has 0 spiro atoms. The van der Waals surface area contributed by atoms with Crippen LogP contribution in [0.4, 0.5) is 0 Å². The zero-order valence-corrected chi connectivity index (χ0v) is 16.2. The average molecular weight is 388 g/mol. The van der Waals surface area contributed by atoms with Crippen molar-refractivity contribution >= 4 is 30.2 Å². The van der Waals surface area contributed by atoms with Gasteiger partial charge in [-0.25, -0.2) is 0 Å². The number of nitrogens with one attached hydrogen (secondary N) is 1. The molecule has 26 heavy (non-hydrogen) atoms. The lowest BCUT2D eigenvalue weighted by molar-refractivity contribution is -0.149. The number of likely N-dealkylation sites (tertiary alicyclic amines) is 2. The fourth-order valence-corrected chi connectivity index (χ4v) is 4.80. The molecule has 2 amide bonds. The van der Waals surface area contributed by atoms with Crippen molar-refractivity contribution in [3.63, 3.8) is 0 Å². The van der Waals surface area contributed by atoms with Crippen LogP contribution in [0.1, 0.15) is 45.4 Å². The number of hydrogen-bond acceptors (Lipinski definition) is 4. The number of halogens is 1. The van der Waals surface area contributed by atoms with Crippen LogP contribution < -0.4 is 5.32 Å². The second-order valence-corrected chi connectivity index (χ2v) is 7.90. The number of hydrogen-bond donors (Lipinski definition) is 2. The molecule has 8 heteroatoms. The molecule has 0 aromatic heterocycles. The molecule has 1 aliphatic carbocycles. The van der Waals surface area contributed by atoms with Crippen LogP contribution in [0.25, 0.3) is 0 Å². The molecule has 0 bridgehead atoms. The number of carbonyl (C=O) groups excluding carboxylic acids is 2. The van der Waals surface area contributed by atoms with Gasteiger partial charge in [0.25, 0.3) is 0 Å². The van der Waals surface area contributed by atoms with Gasteiger partial charge < -0.3 is 15.3 Å². The van der Waals surface area contributed by atoms with Crippen molar-refractivity contribution in [1.29, 1.82) is 0 Å². The maximum atomic E-state index is 12.4. The summed E-state index contributed by atoms with van der Waals surface area (Å²) in [5.74, 6) is -0.802. The standard InChI is InChI=1S/C18H29N3O4.ClH/c1-13(16(23)21-8-3-2-4-9-21)19-15(22)11-20-10-14-6-5-7-18(14,12-20)17(24)25;/h13-14H,2-12H2,1H3,(H,19,22)(H,24,25);1H/t13?,14-,18+;/m0./s1. The van der Waals surface area contributed by atoms with Crippen LogP contribution in [0.3, 0.4) is 0 Å². The minimum Gasteiger partial charge on any atom is -0.481 e. The van der Waals surface area contributed by atoms with Gasteiger partial charge in [0.1, 0.15) is 6.04 Å². The molecule has 3 aliphatic rings. The molecular formula is C18H30ClN3O4. The fraction of sp³-hybridized carbons (Fsp3) is 0.833. The van der Waals surface area contributed by atoms with Crippen LogP contribution in [0.2, 0.25) is 0 Å². The molecule has 3 atom stereocenters. The number of carboxylic acids is 1. The van der Waals surface area contributed by atoms with Crippen molar-refractivity contribution in [2.45, 2.75) is 51.5 Å². The zero-order valence-electron chi connectivity index (χ0n) is 15.4. The molecule has 1 saturated carbocycles. The number of nitrogens with zero attached hydrogens (tertiary/aromatic N) is 2. The number of carboxylic acid groups (broad SMARTS) is 1. The first-order valence-electron chi connectivity index (χ1n) is 9.46. The molecule has 0 radical (unpaired) electrons. The Morgan fingerprint density at radius 3 is 2.50 bits per heavy atom.